The molecule has 0 aliphatic carbocycles. The molecule has 0 aliphatic heterocycles. The number of hydrogen-bond donors (Lipinski definition) is 2. The van der Waals surface area contributed by atoms with Gasteiger partial charge in [0.05, 0.1) is 11.4 Å². The lowest BCUT2D eigenvalue weighted by atomic mass is 10.0. The number of hydrogen-bond acceptors (Lipinski definition) is 2. The van der Waals surface area contributed by atoms with Crippen LogP contribution >= 0.6 is 0 Å². The van der Waals surface area contributed by atoms with Crippen LogP contribution in [0.2, 0.25) is 0 Å². The Balaban J connectivity index is 3.06. The summed E-state index contributed by atoms with van der Waals surface area (Å²) >= 11 is 0. The smallest absolute Gasteiger partial charge is 0.211 e. The summed E-state index contributed by atoms with van der Waals surface area (Å²) in [6.07, 6.45) is 0.695. The lowest BCUT2D eigenvalue weighted by molar-refractivity contribution is -0.105. The molecular weight excluding hydrogens is 176 g/mol. The van der Waals surface area contributed by atoms with E-state index in [2.05, 4.69) is 30.5 Å². The van der Waals surface area contributed by atoms with Crippen LogP contribution in [0.3, 0.4) is 0 Å². The highest BCUT2D eigenvalue weighted by Gasteiger charge is 2.04. The molecule has 76 valence electrons. The van der Waals surface area contributed by atoms with Gasteiger partial charge in [-0.15, -0.1) is 0 Å². The van der Waals surface area contributed by atoms with Crippen LogP contribution in [0.25, 0.3) is 0 Å². The SMILES string of the molecule is CNc1ccc(C(C)C)cc1NC=O. The van der Waals surface area contributed by atoms with Crippen molar-refractivity contribution in [2.75, 3.05) is 17.7 Å². The molecule has 0 heterocycles. The lowest BCUT2D eigenvalue weighted by Crippen LogP contribution is -2.01. The van der Waals surface area contributed by atoms with Gasteiger partial charge in [0.25, 0.3) is 0 Å². The predicted octanol–water partition coefficient (Wildman–Crippen LogP) is 2.42. The number of amides is 1. The van der Waals surface area contributed by atoms with E-state index in [0.717, 1.165) is 11.4 Å². The Morgan fingerprint density at radius 2 is 2.00 bits per heavy atom. The highest BCUT2D eigenvalue weighted by molar-refractivity contribution is 5.81. The van der Waals surface area contributed by atoms with Crippen LogP contribution in [-0.2, 0) is 4.79 Å². The van der Waals surface area contributed by atoms with Crippen molar-refractivity contribution >= 4 is 17.8 Å². The van der Waals surface area contributed by atoms with E-state index < -0.39 is 0 Å². The maximum absolute atomic E-state index is 10.4. The minimum absolute atomic E-state index is 0.466. The van der Waals surface area contributed by atoms with E-state index in [1.165, 1.54) is 5.56 Å². The Kier molecular flexibility index (Phi) is 3.51. The summed E-state index contributed by atoms with van der Waals surface area (Å²) in [5.41, 5.74) is 2.98. The highest BCUT2D eigenvalue weighted by Crippen LogP contribution is 2.25. The first-order valence-corrected chi connectivity index (χ1v) is 4.71. The zero-order valence-electron chi connectivity index (χ0n) is 8.79. The molecule has 2 N–H and O–H groups in total. The van der Waals surface area contributed by atoms with Crippen molar-refractivity contribution in [1.29, 1.82) is 0 Å². The van der Waals surface area contributed by atoms with E-state index >= 15 is 0 Å². The zero-order chi connectivity index (χ0) is 10.6. The Bertz CT molecular complexity index is 321. The Morgan fingerprint density at radius 1 is 1.29 bits per heavy atom. The lowest BCUT2D eigenvalue weighted by Gasteiger charge is -2.12. The molecule has 0 spiro atoms. The molecule has 3 heteroatoms. The van der Waals surface area contributed by atoms with Gasteiger partial charge in [0, 0.05) is 7.05 Å². The Labute approximate surface area is 84.5 Å². The van der Waals surface area contributed by atoms with E-state index in [4.69, 9.17) is 0 Å². The van der Waals surface area contributed by atoms with Crippen LogP contribution in [-0.4, -0.2) is 13.5 Å². The molecule has 1 aromatic carbocycles. The van der Waals surface area contributed by atoms with Crippen LogP contribution in [0.5, 0.6) is 0 Å². The third-order valence-electron chi connectivity index (χ3n) is 2.19. The highest BCUT2D eigenvalue weighted by atomic mass is 16.1. The fraction of sp³-hybridized carbons (Fsp3) is 0.364. The summed E-state index contributed by atoms with van der Waals surface area (Å²) < 4.78 is 0. The van der Waals surface area contributed by atoms with Crippen molar-refractivity contribution in [2.45, 2.75) is 19.8 Å². The van der Waals surface area contributed by atoms with Crippen molar-refractivity contribution in [3.05, 3.63) is 23.8 Å². The number of anilines is 2. The molecule has 0 aliphatic rings. The fourth-order valence-electron chi connectivity index (χ4n) is 1.32. The average molecular weight is 192 g/mol. The summed E-state index contributed by atoms with van der Waals surface area (Å²) in [5, 5.41) is 5.70. The first-order valence-electron chi connectivity index (χ1n) is 4.71. The normalized spacial score (nSPS) is 10.0. The van der Waals surface area contributed by atoms with E-state index in [9.17, 15) is 4.79 Å². The predicted molar refractivity (Wildman–Crippen MR) is 59.8 cm³/mol. The van der Waals surface area contributed by atoms with Crippen molar-refractivity contribution in [3.63, 3.8) is 0 Å². The second-order valence-corrected chi connectivity index (χ2v) is 3.47. The van der Waals surface area contributed by atoms with Crippen LogP contribution in [0.4, 0.5) is 11.4 Å². The van der Waals surface area contributed by atoms with Crippen LogP contribution in [0.15, 0.2) is 18.2 Å². The van der Waals surface area contributed by atoms with Crippen molar-refractivity contribution in [1.82, 2.24) is 0 Å². The molecule has 0 radical (unpaired) electrons. The quantitative estimate of drug-likeness (QED) is 0.719. The van der Waals surface area contributed by atoms with E-state index in [0.29, 0.717) is 12.3 Å². The first kappa shape index (κ1) is 10.6. The number of carbonyl (C=O) groups is 1. The monoisotopic (exact) mass is 192 g/mol. The molecule has 1 amide bonds. The van der Waals surface area contributed by atoms with Gasteiger partial charge in [0.1, 0.15) is 0 Å². The van der Waals surface area contributed by atoms with Gasteiger partial charge in [0.2, 0.25) is 6.41 Å². The van der Waals surface area contributed by atoms with Crippen LogP contribution in [0, 0.1) is 0 Å². The number of nitrogens with one attached hydrogen (secondary N) is 2. The van der Waals surface area contributed by atoms with Gasteiger partial charge in [-0.25, -0.2) is 0 Å². The zero-order valence-corrected chi connectivity index (χ0v) is 8.79. The van der Waals surface area contributed by atoms with Crippen LogP contribution < -0.4 is 10.6 Å². The molecule has 0 bridgehead atoms. The molecule has 14 heavy (non-hydrogen) atoms. The summed E-state index contributed by atoms with van der Waals surface area (Å²) in [5.74, 6) is 0.466. The number of carbonyl (C=O) groups excluding carboxylic acids is 1. The molecule has 0 saturated heterocycles. The van der Waals surface area contributed by atoms with Crippen molar-refractivity contribution in [2.24, 2.45) is 0 Å². The molecule has 0 fully saturated rings. The van der Waals surface area contributed by atoms with Gasteiger partial charge in [-0.1, -0.05) is 19.9 Å². The van der Waals surface area contributed by atoms with Gasteiger partial charge in [0.15, 0.2) is 0 Å². The average Bonchev–Trinajstić information content (AvgIpc) is 2.18. The largest absolute Gasteiger partial charge is 0.386 e. The second kappa shape index (κ2) is 4.65. The maximum Gasteiger partial charge on any atom is 0.211 e. The van der Waals surface area contributed by atoms with Gasteiger partial charge in [-0.3, -0.25) is 4.79 Å². The molecule has 0 unspecified atom stereocenters. The Morgan fingerprint density at radius 3 is 2.50 bits per heavy atom. The number of rotatable bonds is 4. The van der Waals surface area contributed by atoms with Crippen molar-refractivity contribution in [3.8, 4) is 0 Å². The topological polar surface area (TPSA) is 41.1 Å². The van der Waals surface area contributed by atoms with Gasteiger partial charge < -0.3 is 10.6 Å². The fourth-order valence-corrected chi connectivity index (χ4v) is 1.32. The maximum atomic E-state index is 10.4. The third kappa shape index (κ3) is 2.25. The number of benzene rings is 1. The standard InChI is InChI=1S/C11H16N2O/c1-8(2)9-4-5-10(12-3)11(6-9)13-7-14/h4-8,12H,1-3H3,(H,13,14). The van der Waals surface area contributed by atoms with Gasteiger partial charge in [-0.2, -0.15) is 0 Å². The summed E-state index contributed by atoms with van der Waals surface area (Å²) in [6, 6.07) is 6.03. The summed E-state index contributed by atoms with van der Waals surface area (Å²) in [7, 11) is 1.83. The Hall–Kier alpha value is -1.51. The third-order valence-corrected chi connectivity index (χ3v) is 2.19. The first-order chi connectivity index (χ1) is 6.69. The molecule has 3 nitrogen and oxygen atoms in total. The molecular formula is C11H16N2O. The van der Waals surface area contributed by atoms with E-state index in [-0.39, 0.29) is 0 Å². The molecule has 1 aromatic rings. The van der Waals surface area contributed by atoms with Crippen LogP contribution in [0.1, 0.15) is 25.3 Å². The minimum atomic E-state index is 0.466. The molecule has 0 aromatic heterocycles. The summed E-state index contributed by atoms with van der Waals surface area (Å²) in [4.78, 5) is 10.4. The van der Waals surface area contributed by atoms with Gasteiger partial charge >= 0.3 is 0 Å². The van der Waals surface area contributed by atoms with E-state index in [1.54, 1.807) is 0 Å². The molecule has 0 saturated carbocycles. The minimum Gasteiger partial charge on any atom is -0.386 e. The molecule has 0 atom stereocenters. The molecule has 1 rings (SSSR count). The van der Waals surface area contributed by atoms with Gasteiger partial charge in [-0.05, 0) is 23.6 Å². The summed E-state index contributed by atoms with van der Waals surface area (Å²) in [6.45, 7) is 4.25. The van der Waals surface area contributed by atoms with E-state index in [1.807, 2.05) is 19.2 Å². The van der Waals surface area contributed by atoms with Crippen molar-refractivity contribution < 1.29 is 4.79 Å². The second-order valence-electron chi connectivity index (χ2n) is 3.47.